The van der Waals surface area contributed by atoms with Gasteiger partial charge in [-0.05, 0) is 19.1 Å². The van der Waals surface area contributed by atoms with Crippen molar-refractivity contribution in [1.82, 2.24) is 5.32 Å². The molecule has 0 amide bonds. The van der Waals surface area contributed by atoms with Gasteiger partial charge in [-0.25, -0.2) is 0 Å². The standard InChI is InChI=1S/C9H12N2/c1-3-5-9-8(4-2)10-6-7-11-9/h3-6,11H,2,7H2,1H3/b5-3-. The maximum absolute atomic E-state index is 4.17. The second kappa shape index (κ2) is 3.76. The highest BCUT2D eigenvalue weighted by molar-refractivity contribution is 5.65. The Morgan fingerprint density at radius 2 is 2.55 bits per heavy atom. The molecular formula is C9H12N2. The lowest BCUT2D eigenvalue weighted by Gasteiger charge is -2.10. The van der Waals surface area contributed by atoms with Crippen LogP contribution in [0.3, 0.4) is 0 Å². The van der Waals surface area contributed by atoms with E-state index in [2.05, 4.69) is 16.9 Å². The van der Waals surface area contributed by atoms with Crippen molar-refractivity contribution in [2.24, 2.45) is 4.99 Å². The fourth-order valence-corrected chi connectivity index (χ4v) is 0.933. The topological polar surface area (TPSA) is 24.4 Å². The maximum atomic E-state index is 4.17. The first-order chi connectivity index (χ1) is 5.38. The molecule has 58 valence electrons. The van der Waals surface area contributed by atoms with E-state index in [-0.39, 0.29) is 0 Å². The van der Waals surface area contributed by atoms with Crippen LogP contribution in [-0.2, 0) is 0 Å². The summed E-state index contributed by atoms with van der Waals surface area (Å²) in [4.78, 5) is 4.17. The van der Waals surface area contributed by atoms with Gasteiger partial charge in [-0.2, -0.15) is 0 Å². The Morgan fingerprint density at radius 3 is 3.18 bits per heavy atom. The van der Waals surface area contributed by atoms with Gasteiger partial charge in [0.05, 0.1) is 17.9 Å². The number of hydrogen-bond acceptors (Lipinski definition) is 2. The number of allylic oxidation sites excluding steroid dienone is 3. The predicted octanol–water partition coefficient (Wildman–Crippen LogP) is 1.63. The van der Waals surface area contributed by atoms with Gasteiger partial charge < -0.3 is 5.32 Å². The predicted molar refractivity (Wildman–Crippen MR) is 48.5 cm³/mol. The van der Waals surface area contributed by atoms with Gasteiger partial charge in [0.1, 0.15) is 0 Å². The molecule has 2 nitrogen and oxygen atoms in total. The molecule has 0 saturated carbocycles. The smallest absolute Gasteiger partial charge is 0.0851 e. The molecule has 0 radical (unpaired) electrons. The Kier molecular flexibility index (Phi) is 2.66. The van der Waals surface area contributed by atoms with Crippen LogP contribution < -0.4 is 5.32 Å². The number of rotatable bonds is 2. The summed E-state index contributed by atoms with van der Waals surface area (Å²) in [5.74, 6) is 0. The van der Waals surface area contributed by atoms with Gasteiger partial charge in [0.2, 0.25) is 0 Å². The number of aliphatic imine (C=N–C) groups is 1. The summed E-state index contributed by atoms with van der Waals surface area (Å²) in [7, 11) is 0. The SMILES string of the molecule is C=CC1=C(/C=C\C)NCC=N1. The van der Waals surface area contributed by atoms with Gasteiger partial charge in [-0.3, -0.25) is 4.99 Å². The van der Waals surface area contributed by atoms with Crippen LogP contribution in [0.25, 0.3) is 0 Å². The molecule has 0 saturated heterocycles. The second-order valence-electron chi connectivity index (χ2n) is 2.20. The zero-order valence-corrected chi connectivity index (χ0v) is 6.67. The molecule has 0 unspecified atom stereocenters. The minimum absolute atomic E-state index is 0.803. The lowest BCUT2D eigenvalue weighted by molar-refractivity contribution is 0.929. The van der Waals surface area contributed by atoms with E-state index in [1.807, 2.05) is 25.3 Å². The Labute approximate surface area is 67.0 Å². The van der Waals surface area contributed by atoms with E-state index in [1.165, 1.54) is 0 Å². The maximum Gasteiger partial charge on any atom is 0.0851 e. The molecule has 0 bridgehead atoms. The summed E-state index contributed by atoms with van der Waals surface area (Å²) in [6, 6.07) is 0. The van der Waals surface area contributed by atoms with E-state index in [1.54, 1.807) is 6.08 Å². The Balaban J connectivity index is 2.91. The van der Waals surface area contributed by atoms with Crippen molar-refractivity contribution in [3.8, 4) is 0 Å². The summed E-state index contributed by atoms with van der Waals surface area (Å²) in [6.45, 7) is 6.45. The van der Waals surface area contributed by atoms with Crippen molar-refractivity contribution < 1.29 is 0 Å². The van der Waals surface area contributed by atoms with E-state index in [0.29, 0.717) is 0 Å². The number of nitrogens with zero attached hydrogens (tertiary/aromatic N) is 1. The zero-order chi connectivity index (χ0) is 8.10. The summed E-state index contributed by atoms with van der Waals surface area (Å²) >= 11 is 0. The lowest BCUT2D eigenvalue weighted by Crippen LogP contribution is -2.19. The fraction of sp³-hybridized carbons (Fsp3) is 0.222. The first kappa shape index (κ1) is 7.79. The van der Waals surface area contributed by atoms with Gasteiger partial charge in [-0.1, -0.05) is 12.7 Å². The molecule has 11 heavy (non-hydrogen) atoms. The molecule has 1 aliphatic rings. The monoisotopic (exact) mass is 148 g/mol. The summed E-state index contributed by atoms with van der Waals surface area (Å²) in [5.41, 5.74) is 1.96. The Hall–Kier alpha value is -1.31. The van der Waals surface area contributed by atoms with E-state index < -0.39 is 0 Å². The normalized spacial score (nSPS) is 17.2. The number of hydrogen-bond donors (Lipinski definition) is 1. The van der Waals surface area contributed by atoms with Crippen molar-refractivity contribution in [2.45, 2.75) is 6.92 Å². The Morgan fingerprint density at radius 1 is 1.73 bits per heavy atom. The highest BCUT2D eigenvalue weighted by atomic mass is 14.9. The van der Waals surface area contributed by atoms with Crippen LogP contribution in [0, 0.1) is 0 Å². The van der Waals surface area contributed by atoms with Crippen LogP contribution in [0.4, 0.5) is 0 Å². The largest absolute Gasteiger partial charge is 0.378 e. The van der Waals surface area contributed by atoms with E-state index in [0.717, 1.165) is 17.9 Å². The molecule has 0 aromatic carbocycles. The first-order valence-corrected chi connectivity index (χ1v) is 3.64. The highest BCUT2D eigenvalue weighted by Gasteiger charge is 2.00. The Bertz CT molecular complexity index is 234. The third-order valence-electron chi connectivity index (χ3n) is 1.42. The molecular weight excluding hydrogens is 136 g/mol. The highest BCUT2D eigenvalue weighted by Crippen LogP contribution is 2.07. The zero-order valence-electron chi connectivity index (χ0n) is 6.67. The molecule has 1 rings (SSSR count). The fourth-order valence-electron chi connectivity index (χ4n) is 0.933. The lowest BCUT2D eigenvalue weighted by atomic mass is 10.2. The van der Waals surface area contributed by atoms with Crippen molar-refractivity contribution in [3.63, 3.8) is 0 Å². The minimum atomic E-state index is 0.803. The molecule has 2 heteroatoms. The molecule has 0 atom stereocenters. The summed E-state index contributed by atoms with van der Waals surface area (Å²) in [5, 5.41) is 3.19. The first-order valence-electron chi connectivity index (χ1n) is 3.64. The number of nitrogens with one attached hydrogen (secondary N) is 1. The molecule has 0 aromatic heterocycles. The van der Waals surface area contributed by atoms with Crippen LogP contribution >= 0.6 is 0 Å². The third-order valence-corrected chi connectivity index (χ3v) is 1.42. The van der Waals surface area contributed by atoms with E-state index >= 15 is 0 Å². The molecule has 1 N–H and O–H groups in total. The van der Waals surface area contributed by atoms with Gasteiger partial charge in [-0.15, -0.1) is 0 Å². The summed E-state index contributed by atoms with van der Waals surface area (Å²) < 4.78 is 0. The van der Waals surface area contributed by atoms with Crippen molar-refractivity contribution >= 4 is 6.21 Å². The molecule has 0 spiro atoms. The van der Waals surface area contributed by atoms with Crippen molar-refractivity contribution in [2.75, 3.05) is 6.54 Å². The third kappa shape index (κ3) is 1.80. The van der Waals surface area contributed by atoms with Crippen LogP contribution in [-0.4, -0.2) is 12.8 Å². The average Bonchev–Trinajstić information content (AvgIpc) is 2.06. The van der Waals surface area contributed by atoms with Crippen LogP contribution in [0.5, 0.6) is 0 Å². The second-order valence-corrected chi connectivity index (χ2v) is 2.20. The van der Waals surface area contributed by atoms with Crippen molar-refractivity contribution in [3.05, 3.63) is 36.2 Å². The average molecular weight is 148 g/mol. The minimum Gasteiger partial charge on any atom is -0.378 e. The van der Waals surface area contributed by atoms with Crippen LogP contribution in [0.2, 0.25) is 0 Å². The van der Waals surface area contributed by atoms with Gasteiger partial charge >= 0.3 is 0 Å². The molecule has 1 heterocycles. The van der Waals surface area contributed by atoms with Gasteiger partial charge in [0.15, 0.2) is 0 Å². The van der Waals surface area contributed by atoms with Gasteiger partial charge in [0, 0.05) is 6.21 Å². The van der Waals surface area contributed by atoms with Crippen molar-refractivity contribution in [1.29, 1.82) is 0 Å². The quantitative estimate of drug-likeness (QED) is 0.632. The molecule has 0 fully saturated rings. The van der Waals surface area contributed by atoms with Gasteiger partial charge in [0.25, 0.3) is 0 Å². The van der Waals surface area contributed by atoms with E-state index in [9.17, 15) is 0 Å². The van der Waals surface area contributed by atoms with Crippen LogP contribution in [0.15, 0.2) is 41.2 Å². The molecule has 0 aliphatic carbocycles. The molecule has 0 aromatic rings. The van der Waals surface area contributed by atoms with Crippen LogP contribution in [0.1, 0.15) is 6.92 Å². The van der Waals surface area contributed by atoms with E-state index in [4.69, 9.17) is 0 Å². The molecule has 1 aliphatic heterocycles. The summed E-state index contributed by atoms with van der Waals surface area (Å²) in [6.07, 6.45) is 7.56.